The number of aliphatic carboxylic acids is 1. The van der Waals surface area contributed by atoms with Gasteiger partial charge in [-0.25, -0.2) is 4.79 Å². The van der Waals surface area contributed by atoms with E-state index in [-0.39, 0.29) is 0 Å². The van der Waals surface area contributed by atoms with Crippen LogP contribution in [0.5, 0.6) is 0 Å². The van der Waals surface area contributed by atoms with Gasteiger partial charge in [0.25, 0.3) is 0 Å². The molecule has 2 N–H and O–H groups in total. The van der Waals surface area contributed by atoms with Crippen LogP contribution >= 0.6 is 0 Å². The summed E-state index contributed by atoms with van der Waals surface area (Å²) in [7, 11) is 1.89. The van der Waals surface area contributed by atoms with E-state index in [4.69, 9.17) is 5.11 Å². The third kappa shape index (κ3) is 3.26. The van der Waals surface area contributed by atoms with Gasteiger partial charge in [0.15, 0.2) is 0 Å². The van der Waals surface area contributed by atoms with Crippen molar-refractivity contribution in [2.45, 2.75) is 6.92 Å². The number of nitrogens with one attached hydrogen (secondary N) is 1. The van der Waals surface area contributed by atoms with E-state index in [2.05, 4.69) is 17.4 Å². The first-order valence-electron chi connectivity index (χ1n) is 6.40. The second kappa shape index (κ2) is 6.06. The lowest BCUT2D eigenvalue weighted by molar-refractivity contribution is -0.131. The fourth-order valence-electron chi connectivity index (χ4n) is 2.12. The van der Waals surface area contributed by atoms with Crippen molar-refractivity contribution < 1.29 is 9.90 Å². The van der Waals surface area contributed by atoms with E-state index in [1.807, 2.05) is 44.3 Å². The van der Waals surface area contributed by atoms with Crippen LogP contribution in [0.1, 0.15) is 11.1 Å². The number of benzene rings is 2. The summed E-state index contributed by atoms with van der Waals surface area (Å²) in [5.41, 5.74) is 5.36. The molecule has 0 saturated carbocycles. The van der Waals surface area contributed by atoms with Gasteiger partial charge >= 0.3 is 5.97 Å². The Morgan fingerprint density at radius 3 is 2.65 bits per heavy atom. The smallest absolute Gasteiger partial charge is 0.328 e. The summed E-state index contributed by atoms with van der Waals surface area (Å²) < 4.78 is 0. The van der Waals surface area contributed by atoms with Crippen molar-refractivity contribution in [1.29, 1.82) is 0 Å². The number of anilines is 1. The Morgan fingerprint density at radius 1 is 1.20 bits per heavy atom. The van der Waals surface area contributed by atoms with Gasteiger partial charge in [-0.1, -0.05) is 30.3 Å². The maximum absolute atomic E-state index is 10.5. The van der Waals surface area contributed by atoms with E-state index in [0.717, 1.165) is 34.0 Å². The van der Waals surface area contributed by atoms with E-state index >= 15 is 0 Å². The molecule has 102 valence electrons. The van der Waals surface area contributed by atoms with Crippen molar-refractivity contribution in [1.82, 2.24) is 0 Å². The molecule has 20 heavy (non-hydrogen) atoms. The third-order valence-electron chi connectivity index (χ3n) is 3.13. The van der Waals surface area contributed by atoms with Crippen molar-refractivity contribution in [2.24, 2.45) is 0 Å². The highest BCUT2D eigenvalue weighted by Crippen LogP contribution is 2.26. The Bertz CT molecular complexity index is 660. The first-order valence-corrected chi connectivity index (χ1v) is 6.40. The normalized spacial score (nSPS) is 10.7. The first-order chi connectivity index (χ1) is 9.60. The Balaban J connectivity index is 2.36. The van der Waals surface area contributed by atoms with Gasteiger partial charge < -0.3 is 10.4 Å². The van der Waals surface area contributed by atoms with E-state index in [9.17, 15) is 4.79 Å². The molecular formula is C17H17NO2. The molecule has 0 atom stereocenters. The van der Waals surface area contributed by atoms with Crippen molar-refractivity contribution in [3.63, 3.8) is 0 Å². The average Bonchev–Trinajstić information content (AvgIpc) is 2.45. The minimum Gasteiger partial charge on any atom is -0.478 e. The summed E-state index contributed by atoms with van der Waals surface area (Å²) in [5.74, 6) is -0.937. The van der Waals surface area contributed by atoms with Gasteiger partial charge in [0.1, 0.15) is 0 Å². The summed E-state index contributed by atoms with van der Waals surface area (Å²) in [6.45, 7) is 2.03. The van der Waals surface area contributed by atoms with Crippen LogP contribution in [0.2, 0.25) is 0 Å². The van der Waals surface area contributed by atoms with Gasteiger partial charge in [-0.05, 0) is 47.4 Å². The molecular weight excluding hydrogens is 250 g/mol. The molecule has 0 aromatic heterocycles. The minimum atomic E-state index is -0.937. The first kappa shape index (κ1) is 13.9. The zero-order valence-corrected chi connectivity index (χ0v) is 11.6. The molecule has 0 amide bonds. The molecule has 0 heterocycles. The number of carboxylic acids is 1. The second-order valence-corrected chi connectivity index (χ2v) is 4.58. The van der Waals surface area contributed by atoms with E-state index in [1.165, 1.54) is 0 Å². The molecule has 0 aliphatic rings. The predicted molar refractivity (Wildman–Crippen MR) is 82.8 cm³/mol. The Hall–Kier alpha value is -2.55. The van der Waals surface area contributed by atoms with Gasteiger partial charge in [-0.2, -0.15) is 0 Å². The molecule has 0 aliphatic heterocycles. The fraction of sp³-hybridized carbons (Fsp3) is 0.118. The highest BCUT2D eigenvalue weighted by Gasteiger charge is 2.03. The number of aryl methyl sites for hydroxylation is 1. The molecule has 0 fully saturated rings. The van der Waals surface area contributed by atoms with Crippen molar-refractivity contribution in [3.8, 4) is 11.1 Å². The van der Waals surface area contributed by atoms with Crippen LogP contribution in [-0.2, 0) is 4.79 Å². The summed E-state index contributed by atoms with van der Waals surface area (Å²) in [6.07, 6.45) is 2.75. The zero-order chi connectivity index (χ0) is 14.5. The van der Waals surface area contributed by atoms with Gasteiger partial charge in [0.05, 0.1) is 0 Å². The Kier molecular flexibility index (Phi) is 4.20. The van der Waals surface area contributed by atoms with E-state index < -0.39 is 5.97 Å². The fourth-order valence-corrected chi connectivity index (χ4v) is 2.12. The second-order valence-electron chi connectivity index (χ2n) is 4.58. The van der Waals surface area contributed by atoms with Crippen LogP contribution in [0.3, 0.4) is 0 Å². The molecule has 2 aromatic rings. The Morgan fingerprint density at radius 2 is 2.00 bits per heavy atom. The van der Waals surface area contributed by atoms with Crippen LogP contribution in [-0.4, -0.2) is 18.1 Å². The molecule has 3 heteroatoms. The molecule has 0 saturated heterocycles. The molecule has 0 unspecified atom stereocenters. The van der Waals surface area contributed by atoms with Crippen molar-refractivity contribution >= 4 is 17.7 Å². The standard InChI is InChI=1S/C17H17NO2/c1-12-10-13(7-9-17(19)20)6-8-16(12)14-4-3-5-15(11-14)18-2/h3-11,18H,1-2H3,(H,19,20)/b9-7+. The minimum absolute atomic E-state index is 0.887. The quantitative estimate of drug-likeness (QED) is 0.828. The molecule has 0 radical (unpaired) electrons. The summed E-state index contributed by atoms with van der Waals surface area (Å²) in [5, 5.41) is 11.8. The number of rotatable bonds is 4. The van der Waals surface area contributed by atoms with Crippen LogP contribution in [0.4, 0.5) is 5.69 Å². The number of hydrogen-bond donors (Lipinski definition) is 2. The third-order valence-corrected chi connectivity index (χ3v) is 3.13. The monoisotopic (exact) mass is 267 g/mol. The molecule has 3 nitrogen and oxygen atoms in total. The van der Waals surface area contributed by atoms with Gasteiger partial charge in [-0.15, -0.1) is 0 Å². The molecule has 0 bridgehead atoms. The van der Waals surface area contributed by atoms with Crippen LogP contribution in [0.25, 0.3) is 17.2 Å². The highest BCUT2D eigenvalue weighted by atomic mass is 16.4. The summed E-state index contributed by atoms with van der Waals surface area (Å²) in [6, 6.07) is 14.1. The van der Waals surface area contributed by atoms with Crippen molar-refractivity contribution in [3.05, 3.63) is 59.7 Å². The number of hydrogen-bond acceptors (Lipinski definition) is 2. The summed E-state index contributed by atoms with van der Waals surface area (Å²) in [4.78, 5) is 10.5. The average molecular weight is 267 g/mol. The lowest BCUT2D eigenvalue weighted by atomic mass is 9.98. The van der Waals surface area contributed by atoms with Crippen molar-refractivity contribution in [2.75, 3.05) is 12.4 Å². The van der Waals surface area contributed by atoms with E-state index in [0.29, 0.717) is 0 Å². The largest absolute Gasteiger partial charge is 0.478 e. The maximum Gasteiger partial charge on any atom is 0.328 e. The Labute approximate surface area is 118 Å². The maximum atomic E-state index is 10.5. The van der Waals surface area contributed by atoms with Gasteiger partial charge in [0.2, 0.25) is 0 Å². The lowest BCUT2D eigenvalue weighted by Crippen LogP contribution is -1.90. The molecule has 2 aromatic carbocycles. The van der Waals surface area contributed by atoms with Crippen LogP contribution < -0.4 is 5.32 Å². The highest BCUT2D eigenvalue weighted by molar-refractivity contribution is 5.85. The van der Waals surface area contributed by atoms with Crippen LogP contribution in [0.15, 0.2) is 48.5 Å². The van der Waals surface area contributed by atoms with Gasteiger partial charge in [0, 0.05) is 18.8 Å². The molecule has 0 spiro atoms. The van der Waals surface area contributed by atoms with Gasteiger partial charge in [-0.3, -0.25) is 0 Å². The lowest BCUT2D eigenvalue weighted by Gasteiger charge is -2.09. The topological polar surface area (TPSA) is 49.3 Å². The number of carboxylic acid groups (broad SMARTS) is 1. The predicted octanol–water partition coefficient (Wildman–Crippen LogP) is 3.80. The molecule has 0 aliphatic carbocycles. The summed E-state index contributed by atoms with van der Waals surface area (Å²) >= 11 is 0. The zero-order valence-electron chi connectivity index (χ0n) is 11.6. The number of carbonyl (C=O) groups is 1. The van der Waals surface area contributed by atoms with Crippen LogP contribution in [0, 0.1) is 6.92 Å². The molecule has 2 rings (SSSR count). The van der Waals surface area contributed by atoms with E-state index in [1.54, 1.807) is 6.08 Å². The SMILES string of the molecule is CNc1cccc(-c2ccc(/C=C/C(=O)O)cc2C)c1.